The molecule has 4 nitrogen and oxygen atoms in total. The van der Waals surface area contributed by atoms with Gasteiger partial charge in [-0.2, -0.15) is 5.10 Å². The van der Waals surface area contributed by atoms with Crippen molar-refractivity contribution in [1.82, 2.24) is 9.78 Å². The Balaban J connectivity index is 1.31. The Morgan fingerprint density at radius 3 is 2.69 bits per heavy atom. The smallest absolute Gasteiger partial charge is 0.157 e. The monoisotopic (exact) mass is 418 g/mol. The third kappa shape index (κ3) is 3.39. The topological polar surface area (TPSA) is 55.1 Å². The molecule has 160 valence electrons. The van der Waals surface area contributed by atoms with Crippen LogP contribution in [-0.2, 0) is 11.3 Å². The van der Waals surface area contributed by atoms with E-state index in [1.165, 1.54) is 38.5 Å². The molecule has 29 heavy (non-hydrogen) atoms. The predicted octanol–water partition coefficient (Wildman–Crippen LogP) is 5.13. The minimum absolute atomic E-state index is 0.155. The zero-order valence-corrected chi connectivity index (χ0v) is 18.6. The van der Waals surface area contributed by atoms with Gasteiger partial charge in [0.2, 0.25) is 0 Å². The summed E-state index contributed by atoms with van der Waals surface area (Å²) < 4.78 is 1.70. The molecular weight excluding hydrogens is 384 g/mol. The molecular formula is C24H35ClN2O2. The van der Waals surface area contributed by atoms with E-state index in [-0.39, 0.29) is 11.3 Å². The number of hydrogen-bond acceptors (Lipinski definition) is 3. The van der Waals surface area contributed by atoms with Crippen LogP contribution < -0.4 is 0 Å². The highest BCUT2D eigenvalue weighted by atomic mass is 35.5. The molecule has 4 fully saturated rings. The quantitative estimate of drug-likeness (QED) is 0.740. The summed E-state index contributed by atoms with van der Waals surface area (Å²) in [4.78, 5) is 13.2. The molecule has 4 aliphatic carbocycles. The summed E-state index contributed by atoms with van der Waals surface area (Å²) in [5.41, 5.74) is -0.292. The number of Topliss-reactive ketones (excluding diaryl/α,β-unsaturated/α-hetero) is 1. The lowest BCUT2D eigenvalue weighted by atomic mass is 9.49. The number of ketones is 1. The molecule has 5 heteroatoms. The van der Waals surface area contributed by atoms with Gasteiger partial charge in [0.25, 0.3) is 0 Å². The van der Waals surface area contributed by atoms with E-state index in [0.717, 1.165) is 37.0 Å². The number of fused-ring (bicyclic) bond motifs is 5. The number of carbonyl (C=O) groups excluding carboxylic acids is 1. The van der Waals surface area contributed by atoms with Crippen LogP contribution in [0.5, 0.6) is 0 Å². The fraction of sp³-hybridized carbons (Fsp3) is 0.833. The lowest BCUT2D eigenvalue weighted by Crippen LogP contribution is -2.51. The Morgan fingerprint density at radius 1 is 1.14 bits per heavy atom. The number of nitrogens with zero attached hydrogens (tertiary/aromatic N) is 2. The lowest BCUT2D eigenvalue weighted by molar-refractivity contribution is -0.133. The van der Waals surface area contributed by atoms with Crippen LogP contribution in [0.1, 0.15) is 71.6 Å². The van der Waals surface area contributed by atoms with Crippen molar-refractivity contribution in [2.45, 2.75) is 83.8 Å². The molecule has 8 atom stereocenters. The van der Waals surface area contributed by atoms with Crippen LogP contribution in [0.4, 0.5) is 0 Å². The SMILES string of the molecule is CC1(O)CCC2C(CCC3C2CCC2(C)C(C(=O)Cn4cc(Cl)cn4)CCC32)C1. The molecule has 8 unspecified atom stereocenters. The molecule has 0 aromatic carbocycles. The molecule has 4 aliphatic rings. The average molecular weight is 419 g/mol. The Kier molecular flexibility index (Phi) is 4.90. The van der Waals surface area contributed by atoms with E-state index >= 15 is 0 Å². The van der Waals surface area contributed by atoms with E-state index in [1.54, 1.807) is 17.1 Å². The summed E-state index contributed by atoms with van der Waals surface area (Å²) in [5, 5.41) is 15.4. The van der Waals surface area contributed by atoms with Crippen molar-refractivity contribution in [1.29, 1.82) is 0 Å². The summed E-state index contributed by atoms with van der Waals surface area (Å²) in [6.45, 7) is 4.80. The highest BCUT2D eigenvalue weighted by molar-refractivity contribution is 6.30. The Hall–Kier alpha value is -0.870. The summed E-state index contributed by atoms with van der Waals surface area (Å²) in [6, 6.07) is 0. The molecule has 1 N–H and O–H groups in total. The minimum atomic E-state index is -0.447. The molecule has 0 aliphatic heterocycles. The summed E-state index contributed by atoms with van der Waals surface area (Å²) in [5.74, 6) is 4.33. The van der Waals surface area contributed by atoms with Crippen LogP contribution >= 0.6 is 11.6 Å². The van der Waals surface area contributed by atoms with Gasteiger partial charge in [0.05, 0.1) is 23.4 Å². The Morgan fingerprint density at radius 2 is 1.93 bits per heavy atom. The second-order valence-corrected chi connectivity index (χ2v) is 11.6. The van der Waals surface area contributed by atoms with Crippen LogP contribution in [-0.4, -0.2) is 26.3 Å². The standard InChI is InChI=1S/C24H35ClN2O2/c1-23(29)9-7-17-15(11-23)3-4-19-18(17)8-10-24(2)20(19)5-6-21(24)22(28)14-27-13-16(25)12-26-27/h12-13,15,17-21,29H,3-11,14H2,1-2H3. The number of aliphatic hydroxyl groups is 1. The number of carbonyl (C=O) groups is 1. The van der Waals surface area contributed by atoms with Crippen molar-refractivity contribution in [3.8, 4) is 0 Å². The molecule has 0 radical (unpaired) electrons. The minimum Gasteiger partial charge on any atom is -0.390 e. The van der Waals surface area contributed by atoms with E-state index in [4.69, 9.17) is 11.6 Å². The van der Waals surface area contributed by atoms with Crippen molar-refractivity contribution in [2.24, 2.45) is 40.9 Å². The highest BCUT2D eigenvalue weighted by Crippen LogP contribution is 2.64. The van der Waals surface area contributed by atoms with Gasteiger partial charge in [-0.1, -0.05) is 18.5 Å². The van der Waals surface area contributed by atoms with Crippen LogP contribution in [0, 0.1) is 40.9 Å². The number of rotatable bonds is 3. The molecule has 1 aromatic rings. The third-order valence-electron chi connectivity index (χ3n) is 9.55. The molecule has 1 heterocycles. The molecule has 0 bridgehead atoms. The molecule has 0 saturated heterocycles. The Bertz CT molecular complexity index is 790. The summed E-state index contributed by atoms with van der Waals surface area (Å²) >= 11 is 5.98. The van der Waals surface area contributed by atoms with E-state index in [1.807, 2.05) is 6.92 Å². The number of aromatic nitrogens is 2. The molecule has 0 spiro atoms. The molecule has 4 saturated carbocycles. The van der Waals surface area contributed by atoms with Gasteiger partial charge < -0.3 is 5.11 Å². The fourth-order valence-corrected chi connectivity index (χ4v) is 8.46. The van der Waals surface area contributed by atoms with Crippen molar-refractivity contribution >= 4 is 17.4 Å². The van der Waals surface area contributed by atoms with Gasteiger partial charge in [-0.3, -0.25) is 9.48 Å². The van der Waals surface area contributed by atoms with Crippen molar-refractivity contribution in [3.05, 3.63) is 17.4 Å². The van der Waals surface area contributed by atoms with E-state index in [0.29, 0.717) is 29.2 Å². The van der Waals surface area contributed by atoms with E-state index in [2.05, 4.69) is 12.0 Å². The van der Waals surface area contributed by atoms with Crippen LogP contribution in [0.25, 0.3) is 0 Å². The highest BCUT2D eigenvalue weighted by Gasteiger charge is 2.58. The summed E-state index contributed by atoms with van der Waals surface area (Å²) in [7, 11) is 0. The second kappa shape index (κ2) is 7.09. The van der Waals surface area contributed by atoms with Gasteiger partial charge in [-0.05, 0) is 99.7 Å². The van der Waals surface area contributed by atoms with Crippen LogP contribution in [0.2, 0.25) is 5.02 Å². The molecule has 1 aromatic heterocycles. The van der Waals surface area contributed by atoms with Gasteiger partial charge in [0.1, 0.15) is 0 Å². The number of halogens is 1. The average Bonchev–Trinajstić information content (AvgIpc) is 3.22. The zero-order chi connectivity index (χ0) is 20.4. The van der Waals surface area contributed by atoms with Crippen molar-refractivity contribution in [2.75, 3.05) is 0 Å². The lowest BCUT2D eigenvalue weighted by Gasteiger charge is -2.56. The zero-order valence-electron chi connectivity index (χ0n) is 17.8. The first kappa shape index (κ1) is 20.1. The first-order chi connectivity index (χ1) is 13.8. The second-order valence-electron chi connectivity index (χ2n) is 11.2. The number of hydrogen-bond donors (Lipinski definition) is 1. The predicted molar refractivity (Wildman–Crippen MR) is 113 cm³/mol. The van der Waals surface area contributed by atoms with Crippen LogP contribution in [0.3, 0.4) is 0 Å². The molecule has 5 rings (SSSR count). The maximum Gasteiger partial charge on any atom is 0.157 e. The van der Waals surface area contributed by atoms with E-state index in [9.17, 15) is 9.90 Å². The fourth-order valence-electron chi connectivity index (χ4n) is 8.31. The van der Waals surface area contributed by atoms with Crippen LogP contribution in [0.15, 0.2) is 12.4 Å². The van der Waals surface area contributed by atoms with Crippen molar-refractivity contribution < 1.29 is 9.90 Å². The van der Waals surface area contributed by atoms with Gasteiger partial charge in [0, 0.05) is 12.1 Å². The first-order valence-corrected chi connectivity index (χ1v) is 12.1. The first-order valence-electron chi connectivity index (χ1n) is 11.7. The summed E-state index contributed by atoms with van der Waals surface area (Å²) in [6.07, 6.45) is 13.8. The van der Waals surface area contributed by atoms with E-state index < -0.39 is 5.60 Å². The largest absolute Gasteiger partial charge is 0.390 e. The van der Waals surface area contributed by atoms with Crippen molar-refractivity contribution in [3.63, 3.8) is 0 Å². The van der Waals surface area contributed by atoms with Gasteiger partial charge in [-0.15, -0.1) is 0 Å². The third-order valence-corrected chi connectivity index (χ3v) is 9.74. The molecule has 0 amide bonds. The normalized spacial score (nSPS) is 46.6. The Labute approximate surface area is 179 Å². The van der Waals surface area contributed by atoms with Gasteiger partial charge in [-0.25, -0.2) is 0 Å². The maximum atomic E-state index is 13.2. The maximum absolute atomic E-state index is 13.2. The van der Waals surface area contributed by atoms with Gasteiger partial charge >= 0.3 is 0 Å². The van der Waals surface area contributed by atoms with Gasteiger partial charge in [0.15, 0.2) is 5.78 Å².